The van der Waals surface area contributed by atoms with Crippen LogP contribution in [0.2, 0.25) is 0 Å². The van der Waals surface area contributed by atoms with Gasteiger partial charge in [-0.1, -0.05) is 0 Å². The summed E-state index contributed by atoms with van der Waals surface area (Å²) in [6.07, 6.45) is 3.66. The van der Waals surface area contributed by atoms with Crippen LogP contribution >= 0.6 is 23.1 Å². The monoisotopic (exact) mass is 297 g/mol. The summed E-state index contributed by atoms with van der Waals surface area (Å²) in [5.41, 5.74) is 0.189. The SMILES string of the molecule is CNC(c1ccc(C)s1)C1CCOC2(CCSC2)C1. The van der Waals surface area contributed by atoms with Crippen molar-refractivity contribution < 1.29 is 4.74 Å². The zero-order valence-electron chi connectivity index (χ0n) is 11.8. The Morgan fingerprint density at radius 3 is 3.00 bits per heavy atom. The maximum Gasteiger partial charge on any atom is 0.0783 e. The average Bonchev–Trinajstić information content (AvgIpc) is 3.01. The maximum absolute atomic E-state index is 6.15. The van der Waals surface area contributed by atoms with Crippen LogP contribution in [0.25, 0.3) is 0 Å². The molecule has 3 rings (SSSR count). The summed E-state index contributed by atoms with van der Waals surface area (Å²) in [5, 5.41) is 3.56. The highest BCUT2D eigenvalue weighted by molar-refractivity contribution is 7.99. The van der Waals surface area contributed by atoms with E-state index in [4.69, 9.17) is 4.74 Å². The summed E-state index contributed by atoms with van der Waals surface area (Å²) in [6, 6.07) is 5.04. The fourth-order valence-corrected chi connectivity index (χ4v) is 5.90. The van der Waals surface area contributed by atoms with Gasteiger partial charge in [-0.05, 0) is 57.0 Å². The van der Waals surface area contributed by atoms with Gasteiger partial charge in [0, 0.05) is 28.2 Å². The Balaban J connectivity index is 1.76. The second-order valence-electron chi connectivity index (χ2n) is 5.80. The minimum Gasteiger partial charge on any atom is -0.374 e. The van der Waals surface area contributed by atoms with Crippen molar-refractivity contribution in [1.29, 1.82) is 0 Å². The van der Waals surface area contributed by atoms with Gasteiger partial charge in [-0.2, -0.15) is 11.8 Å². The molecule has 0 amide bonds. The molecule has 0 aliphatic carbocycles. The highest BCUT2D eigenvalue weighted by atomic mass is 32.2. The molecular weight excluding hydrogens is 274 g/mol. The lowest BCUT2D eigenvalue weighted by Gasteiger charge is -2.40. The number of hydrogen-bond donors (Lipinski definition) is 1. The average molecular weight is 297 g/mol. The third-order valence-electron chi connectivity index (χ3n) is 4.45. The van der Waals surface area contributed by atoms with E-state index < -0.39 is 0 Å². The Morgan fingerprint density at radius 1 is 1.47 bits per heavy atom. The van der Waals surface area contributed by atoms with Gasteiger partial charge in [0.1, 0.15) is 0 Å². The van der Waals surface area contributed by atoms with Crippen molar-refractivity contribution in [2.75, 3.05) is 25.2 Å². The van der Waals surface area contributed by atoms with Gasteiger partial charge < -0.3 is 10.1 Å². The van der Waals surface area contributed by atoms with E-state index in [2.05, 4.69) is 43.2 Å². The molecule has 0 aromatic carbocycles. The maximum atomic E-state index is 6.15. The van der Waals surface area contributed by atoms with Gasteiger partial charge in [0.05, 0.1) is 5.60 Å². The highest BCUT2D eigenvalue weighted by Gasteiger charge is 2.42. The van der Waals surface area contributed by atoms with E-state index in [1.54, 1.807) is 0 Å². The van der Waals surface area contributed by atoms with Gasteiger partial charge in [-0.3, -0.25) is 0 Å². The molecule has 2 aliphatic heterocycles. The van der Waals surface area contributed by atoms with E-state index in [-0.39, 0.29) is 5.60 Å². The molecule has 106 valence electrons. The second kappa shape index (κ2) is 5.76. The van der Waals surface area contributed by atoms with Crippen LogP contribution < -0.4 is 5.32 Å². The molecule has 1 aromatic heterocycles. The molecule has 3 unspecified atom stereocenters. The molecule has 0 saturated carbocycles. The van der Waals surface area contributed by atoms with Crippen LogP contribution in [0.3, 0.4) is 0 Å². The molecule has 0 bridgehead atoms. The molecule has 0 radical (unpaired) electrons. The lowest BCUT2D eigenvalue weighted by atomic mass is 9.81. The standard InChI is InChI=1S/C15H23NOS2/c1-11-3-4-13(19-11)14(16-2)12-5-7-17-15(9-12)6-8-18-10-15/h3-4,12,14,16H,5-10H2,1-2H3. The van der Waals surface area contributed by atoms with E-state index in [1.165, 1.54) is 40.5 Å². The molecule has 3 atom stereocenters. The number of thiophene rings is 1. The minimum absolute atomic E-state index is 0.189. The summed E-state index contributed by atoms with van der Waals surface area (Å²) < 4.78 is 6.15. The summed E-state index contributed by atoms with van der Waals surface area (Å²) in [4.78, 5) is 2.90. The van der Waals surface area contributed by atoms with Crippen molar-refractivity contribution in [3.8, 4) is 0 Å². The van der Waals surface area contributed by atoms with Gasteiger partial charge >= 0.3 is 0 Å². The molecule has 2 nitrogen and oxygen atoms in total. The minimum atomic E-state index is 0.189. The molecule has 4 heteroatoms. The molecule has 1 aromatic rings. The van der Waals surface area contributed by atoms with Crippen LogP contribution in [-0.4, -0.2) is 30.8 Å². The third kappa shape index (κ3) is 2.87. The Morgan fingerprint density at radius 2 is 2.37 bits per heavy atom. The topological polar surface area (TPSA) is 21.3 Å². The molecule has 2 aliphatic rings. The molecule has 1 N–H and O–H groups in total. The van der Waals surface area contributed by atoms with Gasteiger partial charge in [0.25, 0.3) is 0 Å². The van der Waals surface area contributed by atoms with E-state index in [1.807, 2.05) is 11.3 Å². The van der Waals surface area contributed by atoms with E-state index >= 15 is 0 Å². The molecule has 19 heavy (non-hydrogen) atoms. The van der Waals surface area contributed by atoms with Crippen LogP contribution in [0.4, 0.5) is 0 Å². The Labute approximate surface area is 124 Å². The van der Waals surface area contributed by atoms with Crippen molar-refractivity contribution in [2.24, 2.45) is 5.92 Å². The number of rotatable bonds is 3. The zero-order valence-corrected chi connectivity index (χ0v) is 13.4. The second-order valence-corrected chi connectivity index (χ2v) is 8.23. The number of aryl methyl sites for hydroxylation is 1. The predicted molar refractivity (Wildman–Crippen MR) is 84.2 cm³/mol. The zero-order chi connectivity index (χ0) is 13.3. The number of ether oxygens (including phenoxy) is 1. The van der Waals surface area contributed by atoms with Gasteiger partial charge in [0.2, 0.25) is 0 Å². The van der Waals surface area contributed by atoms with Gasteiger partial charge in [0.15, 0.2) is 0 Å². The van der Waals surface area contributed by atoms with Crippen LogP contribution in [0.1, 0.15) is 35.1 Å². The largest absolute Gasteiger partial charge is 0.374 e. The van der Waals surface area contributed by atoms with Crippen molar-refractivity contribution in [1.82, 2.24) is 5.32 Å². The number of thioether (sulfide) groups is 1. The highest BCUT2D eigenvalue weighted by Crippen LogP contribution is 2.44. The third-order valence-corrected chi connectivity index (χ3v) is 6.76. The molecular formula is C15H23NOS2. The van der Waals surface area contributed by atoms with Crippen LogP contribution in [0, 0.1) is 12.8 Å². The summed E-state index contributed by atoms with van der Waals surface area (Å²) in [7, 11) is 2.10. The molecule has 3 heterocycles. The molecule has 2 fully saturated rings. The summed E-state index contributed by atoms with van der Waals surface area (Å²) >= 11 is 3.99. The van der Waals surface area contributed by atoms with E-state index in [0.29, 0.717) is 6.04 Å². The Bertz CT molecular complexity index is 426. The number of nitrogens with one attached hydrogen (secondary N) is 1. The first kappa shape index (κ1) is 13.9. The normalized spacial score (nSPS) is 32.8. The van der Waals surface area contributed by atoms with Crippen molar-refractivity contribution >= 4 is 23.1 Å². The first-order valence-electron chi connectivity index (χ1n) is 7.18. The van der Waals surface area contributed by atoms with Gasteiger partial charge in [-0.25, -0.2) is 0 Å². The fraction of sp³-hybridized carbons (Fsp3) is 0.733. The van der Waals surface area contributed by atoms with Crippen LogP contribution in [0.15, 0.2) is 12.1 Å². The van der Waals surface area contributed by atoms with Crippen molar-refractivity contribution in [3.05, 3.63) is 21.9 Å². The number of hydrogen-bond acceptors (Lipinski definition) is 4. The Kier molecular flexibility index (Phi) is 4.22. The van der Waals surface area contributed by atoms with Crippen molar-refractivity contribution in [3.63, 3.8) is 0 Å². The fourth-order valence-electron chi connectivity index (χ4n) is 3.44. The smallest absolute Gasteiger partial charge is 0.0783 e. The molecule has 2 saturated heterocycles. The first-order valence-corrected chi connectivity index (χ1v) is 9.15. The lowest BCUT2D eigenvalue weighted by Crippen LogP contribution is -2.43. The van der Waals surface area contributed by atoms with Gasteiger partial charge in [-0.15, -0.1) is 11.3 Å². The summed E-state index contributed by atoms with van der Waals surface area (Å²) in [6.45, 7) is 3.13. The quantitative estimate of drug-likeness (QED) is 0.921. The van der Waals surface area contributed by atoms with Crippen molar-refractivity contribution in [2.45, 2.75) is 37.8 Å². The summed E-state index contributed by atoms with van der Waals surface area (Å²) in [5.74, 6) is 3.19. The van der Waals surface area contributed by atoms with E-state index in [9.17, 15) is 0 Å². The predicted octanol–water partition coefficient (Wildman–Crippen LogP) is 3.62. The lowest BCUT2D eigenvalue weighted by molar-refractivity contribution is -0.0848. The van der Waals surface area contributed by atoms with E-state index in [0.717, 1.165) is 12.5 Å². The molecule has 1 spiro atoms. The first-order chi connectivity index (χ1) is 9.22. The van der Waals surface area contributed by atoms with Crippen LogP contribution in [0.5, 0.6) is 0 Å². The Hall–Kier alpha value is -0.0300. The van der Waals surface area contributed by atoms with Crippen LogP contribution in [-0.2, 0) is 4.74 Å².